The van der Waals surface area contributed by atoms with E-state index in [0.717, 1.165) is 17.7 Å². The van der Waals surface area contributed by atoms with Crippen LogP contribution in [-0.4, -0.2) is 9.55 Å². The Labute approximate surface area is 123 Å². The molecule has 4 heteroatoms. The molecular weight excluding hydrogens is 268 g/mol. The van der Waals surface area contributed by atoms with Crippen molar-refractivity contribution in [1.29, 1.82) is 0 Å². The first-order chi connectivity index (χ1) is 9.48. The summed E-state index contributed by atoms with van der Waals surface area (Å²) < 4.78 is 2.06. The number of nitrogens with one attached hydrogen (secondary N) is 1. The van der Waals surface area contributed by atoms with Crippen LogP contribution >= 0.6 is 12.2 Å². The van der Waals surface area contributed by atoms with Crippen molar-refractivity contribution < 1.29 is 0 Å². The van der Waals surface area contributed by atoms with Crippen LogP contribution in [-0.2, 0) is 12.0 Å². The van der Waals surface area contributed by atoms with Crippen molar-refractivity contribution >= 4 is 17.8 Å². The summed E-state index contributed by atoms with van der Waals surface area (Å²) in [4.78, 5) is 16.1. The van der Waals surface area contributed by atoms with E-state index < -0.39 is 0 Å². The van der Waals surface area contributed by atoms with Crippen LogP contribution in [0.1, 0.15) is 31.5 Å². The fraction of sp³-hybridized carbons (Fsp3) is 0.375. The number of nitrogens with zero attached hydrogens (tertiary/aromatic N) is 1. The zero-order valence-corrected chi connectivity index (χ0v) is 12.6. The van der Waals surface area contributed by atoms with Gasteiger partial charge in [0.1, 0.15) is 0 Å². The lowest BCUT2D eigenvalue weighted by atomic mass is 9.75. The average Bonchev–Trinajstić information content (AvgIpc) is 2.64. The Morgan fingerprint density at radius 3 is 3.05 bits per heavy atom. The zero-order valence-electron chi connectivity index (χ0n) is 11.8. The predicted molar refractivity (Wildman–Crippen MR) is 84.3 cm³/mol. The summed E-state index contributed by atoms with van der Waals surface area (Å²) in [6.45, 7) is 8.43. The van der Waals surface area contributed by atoms with E-state index in [2.05, 4.69) is 43.6 Å². The SMILES string of the molecule is C=CCn1c(=S)[nH]c2c(c1=O)C(C)(C)C1CC=CC=C21. The van der Waals surface area contributed by atoms with E-state index in [1.807, 2.05) is 0 Å². The summed E-state index contributed by atoms with van der Waals surface area (Å²) in [5, 5.41) is 0. The summed E-state index contributed by atoms with van der Waals surface area (Å²) >= 11 is 5.33. The number of rotatable bonds is 2. The first kappa shape index (κ1) is 13.3. The largest absolute Gasteiger partial charge is 0.332 e. The Morgan fingerprint density at radius 1 is 1.60 bits per heavy atom. The molecule has 0 fully saturated rings. The van der Waals surface area contributed by atoms with Crippen LogP contribution in [0.15, 0.2) is 35.7 Å². The van der Waals surface area contributed by atoms with Gasteiger partial charge in [0, 0.05) is 17.5 Å². The van der Waals surface area contributed by atoms with Crippen molar-refractivity contribution in [2.45, 2.75) is 32.2 Å². The van der Waals surface area contributed by atoms with E-state index in [1.165, 1.54) is 5.57 Å². The predicted octanol–water partition coefficient (Wildman–Crippen LogP) is 3.34. The molecule has 1 N–H and O–H groups in total. The number of allylic oxidation sites excluding steroid dienone is 5. The summed E-state index contributed by atoms with van der Waals surface area (Å²) in [5.74, 6) is 0.348. The van der Waals surface area contributed by atoms with E-state index in [4.69, 9.17) is 12.2 Å². The molecule has 0 aliphatic heterocycles. The van der Waals surface area contributed by atoms with E-state index in [1.54, 1.807) is 10.6 Å². The number of hydrogen-bond donors (Lipinski definition) is 1. The minimum Gasteiger partial charge on any atom is -0.332 e. The molecule has 2 aliphatic carbocycles. The van der Waals surface area contributed by atoms with Crippen molar-refractivity contribution in [1.82, 2.24) is 9.55 Å². The monoisotopic (exact) mass is 286 g/mol. The third-order valence-corrected chi connectivity index (χ3v) is 4.78. The normalized spacial score (nSPS) is 22.1. The van der Waals surface area contributed by atoms with Crippen molar-refractivity contribution in [3.63, 3.8) is 0 Å². The van der Waals surface area contributed by atoms with Crippen LogP contribution < -0.4 is 5.56 Å². The molecule has 1 heterocycles. The summed E-state index contributed by atoms with van der Waals surface area (Å²) in [5.41, 5.74) is 2.84. The molecule has 0 saturated heterocycles. The van der Waals surface area contributed by atoms with Gasteiger partial charge >= 0.3 is 0 Å². The molecule has 0 radical (unpaired) electrons. The average molecular weight is 286 g/mol. The fourth-order valence-electron chi connectivity index (χ4n) is 3.42. The molecule has 0 bridgehead atoms. The highest BCUT2D eigenvalue weighted by Gasteiger charge is 2.45. The lowest BCUT2D eigenvalue weighted by Gasteiger charge is -2.28. The van der Waals surface area contributed by atoms with Crippen LogP contribution in [0.5, 0.6) is 0 Å². The van der Waals surface area contributed by atoms with E-state index in [-0.39, 0.29) is 11.0 Å². The third kappa shape index (κ3) is 1.64. The van der Waals surface area contributed by atoms with E-state index in [9.17, 15) is 4.79 Å². The van der Waals surface area contributed by atoms with Crippen molar-refractivity contribution in [2.75, 3.05) is 0 Å². The fourth-order valence-corrected chi connectivity index (χ4v) is 3.68. The molecule has 3 nitrogen and oxygen atoms in total. The molecule has 0 aromatic carbocycles. The topological polar surface area (TPSA) is 37.8 Å². The molecule has 1 atom stereocenters. The maximum absolute atomic E-state index is 12.8. The van der Waals surface area contributed by atoms with Gasteiger partial charge in [-0.25, -0.2) is 0 Å². The first-order valence-corrected chi connectivity index (χ1v) is 7.25. The maximum atomic E-state index is 12.8. The molecule has 0 amide bonds. The smallest absolute Gasteiger partial charge is 0.258 e. The molecular formula is C16H18N2OS. The van der Waals surface area contributed by atoms with Gasteiger partial charge in [0.25, 0.3) is 5.56 Å². The Balaban J connectivity index is 2.36. The molecule has 20 heavy (non-hydrogen) atoms. The zero-order chi connectivity index (χ0) is 14.5. The molecule has 0 spiro atoms. The van der Waals surface area contributed by atoms with Crippen LogP contribution in [0.25, 0.3) is 5.57 Å². The number of H-pyrrole nitrogens is 1. The molecule has 1 aromatic rings. The van der Waals surface area contributed by atoms with Gasteiger partial charge in [0.05, 0.1) is 5.69 Å². The molecule has 0 saturated carbocycles. The Bertz CT molecular complexity index is 762. The highest BCUT2D eigenvalue weighted by atomic mass is 32.1. The van der Waals surface area contributed by atoms with Crippen LogP contribution in [0, 0.1) is 10.7 Å². The standard InChI is InChI=1S/C16H18N2OS/c1-4-9-18-14(19)12-13(17-15(18)20)10-7-5-6-8-11(10)16(12,2)3/h4-7,11H,1,8-9H2,2-3H3,(H,17,20). The lowest BCUT2D eigenvalue weighted by Crippen LogP contribution is -2.34. The molecule has 2 aliphatic rings. The summed E-state index contributed by atoms with van der Waals surface area (Å²) in [6, 6.07) is 0. The van der Waals surface area contributed by atoms with Gasteiger partial charge < -0.3 is 4.98 Å². The highest BCUT2D eigenvalue weighted by molar-refractivity contribution is 7.71. The molecule has 104 valence electrons. The van der Waals surface area contributed by atoms with Crippen LogP contribution in [0.2, 0.25) is 0 Å². The van der Waals surface area contributed by atoms with Gasteiger partial charge in [-0.05, 0) is 30.1 Å². The maximum Gasteiger partial charge on any atom is 0.258 e. The summed E-state index contributed by atoms with van der Waals surface area (Å²) in [7, 11) is 0. The highest BCUT2D eigenvalue weighted by Crippen LogP contribution is 2.50. The summed E-state index contributed by atoms with van der Waals surface area (Å²) in [6.07, 6.45) is 8.99. The van der Waals surface area contributed by atoms with Crippen LogP contribution in [0.3, 0.4) is 0 Å². The van der Waals surface area contributed by atoms with Crippen molar-refractivity contribution in [2.24, 2.45) is 5.92 Å². The molecule has 3 rings (SSSR count). The number of aromatic nitrogens is 2. The second kappa shape index (κ2) is 4.42. The van der Waals surface area contributed by atoms with E-state index >= 15 is 0 Å². The molecule has 1 unspecified atom stereocenters. The van der Waals surface area contributed by atoms with Crippen molar-refractivity contribution in [3.05, 3.63) is 57.3 Å². The van der Waals surface area contributed by atoms with Gasteiger partial charge in [-0.1, -0.05) is 38.2 Å². The first-order valence-electron chi connectivity index (χ1n) is 6.84. The quantitative estimate of drug-likeness (QED) is 0.669. The number of aromatic amines is 1. The van der Waals surface area contributed by atoms with Crippen molar-refractivity contribution in [3.8, 4) is 0 Å². The second-order valence-corrected chi connectivity index (χ2v) is 6.33. The lowest BCUT2D eigenvalue weighted by molar-refractivity contribution is 0.408. The number of hydrogen-bond acceptors (Lipinski definition) is 2. The Kier molecular flexibility index (Phi) is 2.94. The van der Waals surface area contributed by atoms with Gasteiger partial charge in [0.2, 0.25) is 0 Å². The van der Waals surface area contributed by atoms with Gasteiger partial charge in [0.15, 0.2) is 4.77 Å². The third-order valence-electron chi connectivity index (χ3n) is 4.46. The second-order valence-electron chi connectivity index (χ2n) is 5.94. The Morgan fingerprint density at radius 2 is 2.35 bits per heavy atom. The van der Waals surface area contributed by atoms with Gasteiger partial charge in [-0.3, -0.25) is 9.36 Å². The van der Waals surface area contributed by atoms with Crippen LogP contribution in [0.4, 0.5) is 0 Å². The number of fused-ring (bicyclic) bond motifs is 3. The molecule has 1 aromatic heterocycles. The Hall–Kier alpha value is -1.68. The minimum atomic E-state index is -0.175. The minimum absolute atomic E-state index is 0.0175. The van der Waals surface area contributed by atoms with Gasteiger partial charge in [-0.2, -0.15) is 0 Å². The van der Waals surface area contributed by atoms with E-state index in [0.29, 0.717) is 17.2 Å². The van der Waals surface area contributed by atoms with Gasteiger partial charge in [-0.15, -0.1) is 6.58 Å².